The number of amides is 1. The molecule has 0 aliphatic heterocycles. The number of nitrogens with two attached hydrogens (primary N) is 1. The minimum absolute atomic E-state index is 0.243. The fourth-order valence-electron chi connectivity index (χ4n) is 2.15. The summed E-state index contributed by atoms with van der Waals surface area (Å²) in [5, 5.41) is 3.30. The van der Waals surface area contributed by atoms with Crippen LogP contribution in [0.15, 0.2) is 0 Å². The lowest BCUT2D eigenvalue weighted by Crippen LogP contribution is -2.60. The number of nitrogens with zero attached hydrogens (tertiary/aromatic N) is 1. The highest BCUT2D eigenvalue weighted by Gasteiger charge is 2.37. The Hall–Kier alpha value is -0.610. The lowest BCUT2D eigenvalue weighted by molar-refractivity contribution is -0.124. The highest BCUT2D eigenvalue weighted by atomic mass is 16.1. The average Bonchev–Trinajstić information content (AvgIpc) is 3.09. The molecule has 0 radical (unpaired) electrons. The summed E-state index contributed by atoms with van der Waals surface area (Å²) in [7, 11) is 0. The first kappa shape index (κ1) is 14.5. The number of carbonyl (C=O) groups is 1. The van der Waals surface area contributed by atoms with Gasteiger partial charge in [0.1, 0.15) is 5.54 Å². The van der Waals surface area contributed by atoms with E-state index >= 15 is 0 Å². The van der Waals surface area contributed by atoms with Crippen LogP contribution >= 0.6 is 0 Å². The third-order valence-corrected chi connectivity index (χ3v) is 3.40. The number of hydrogen-bond donors (Lipinski definition) is 2. The minimum atomic E-state index is -0.590. The van der Waals surface area contributed by atoms with Crippen molar-refractivity contribution in [2.45, 2.75) is 58.0 Å². The lowest BCUT2D eigenvalue weighted by atomic mass is 10.00. The van der Waals surface area contributed by atoms with Crippen molar-refractivity contribution in [3.05, 3.63) is 0 Å². The van der Waals surface area contributed by atoms with Gasteiger partial charge in [-0.25, -0.2) is 0 Å². The average molecular weight is 241 g/mol. The molecular formula is C13H27N3O. The van der Waals surface area contributed by atoms with E-state index in [9.17, 15) is 4.79 Å². The molecule has 0 heterocycles. The van der Waals surface area contributed by atoms with E-state index in [0.29, 0.717) is 6.04 Å². The Morgan fingerprint density at radius 1 is 1.41 bits per heavy atom. The highest BCUT2D eigenvalue weighted by molar-refractivity contribution is 5.84. The van der Waals surface area contributed by atoms with E-state index in [4.69, 9.17) is 5.73 Å². The van der Waals surface area contributed by atoms with Crippen molar-refractivity contribution in [2.24, 2.45) is 5.73 Å². The van der Waals surface area contributed by atoms with E-state index in [0.717, 1.165) is 32.5 Å². The zero-order chi connectivity index (χ0) is 12.9. The second kappa shape index (κ2) is 6.36. The van der Waals surface area contributed by atoms with Crippen molar-refractivity contribution in [1.82, 2.24) is 10.2 Å². The van der Waals surface area contributed by atoms with Gasteiger partial charge in [0, 0.05) is 12.6 Å². The molecule has 1 unspecified atom stereocenters. The molecule has 0 bridgehead atoms. The second-order valence-electron chi connectivity index (χ2n) is 5.32. The topological polar surface area (TPSA) is 58.4 Å². The van der Waals surface area contributed by atoms with E-state index in [1.807, 2.05) is 6.92 Å². The molecule has 0 aromatic carbocycles. The van der Waals surface area contributed by atoms with Gasteiger partial charge in [-0.15, -0.1) is 0 Å². The number of hydrogen-bond acceptors (Lipinski definition) is 3. The highest BCUT2D eigenvalue weighted by Crippen LogP contribution is 2.28. The molecule has 1 fully saturated rings. The molecule has 1 amide bonds. The predicted octanol–water partition coefficient (Wildman–Crippen LogP) is 1.10. The normalized spacial score (nSPS) is 19.3. The summed E-state index contributed by atoms with van der Waals surface area (Å²) in [6.45, 7) is 8.83. The first-order valence-electron chi connectivity index (χ1n) is 6.82. The standard InChI is InChI=1S/C13H27N3O/c1-4-8-15-13(3,12(14)17)10-16(9-5-2)11-6-7-11/h11,15H,4-10H2,1-3H3,(H2,14,17). The molecule has 1 atom stereocenters. The molecule has 1 rings (SSSR count). The van der Waals surface area contributed by atoms with Crippen LogP contribution in [-0.4, -0.2) is 42.0 Å². The van der Waals surface area contributed by atoms with Crippen LogP contribution in [0.3, 0.4) is 0 Å². The molecule has 0 aromatic heterocycles. The third kappa shape index (κ3) is 4.28. The summed E-state index contributed by atoms with van der Waals surface area (Å²) in [6, 6.07) is 0.678. The number of primary amides is 1. The van der Waals surface area contributed by atoms with Crippen LogP contribution in [0, 0.1) is 0 Å². The van der Waals surface area contributed by atoms with E-state index < -0.39 is 5.54 Å². The summed E-state index contributed by atoms with van der Waals surface area (Å²) >= 11 is 0. The van der Waals surface area contributed by atoms with Gasteiger partial charge in [-0.2, -0.15) is 0 Å². The number of carbonyl (C=O) groups excluding carboxylic acids is 1. The summed E-state index contributed by atoms with van der Waals surface area (Å²) in [5.41, 5.74) is 4.96. The maximum atomic E-state index is 11.6. The SMILES string of the molecule is CCCNC(C)(CN(CCC)C1CC1)C(N)=O. The molecule has 0 aromatic rings. The van der Waals surface area contributed by atoms with E-state index in [1.165, 1.54) is 12.8 Å². The summed E-state index contributed by atoms with van der Waals surface area (Å²) < 4.78 is 0. The van der Waals surface area contributed by atoms with Gasteiger partial charge in [-0.3, -0.25) is 9.69 Å². The molecule has 4 nitrogen and oxygen atoms in total. The zero-order valence-electron chi connectivity index (χ0n) is 11.5. The number of rotatable bonds is 9. The van der Waals surface area contributed by atoms with Crippen LogP contribution in [0.2, 0.25) is 0 Å². The molecule has 1 aliphatic carbocycles. The fourth-order valence-corrected chi connectivity index (χ4v) is 2.15. The van der Waals surface area contributed by atoms with Crippen molar-refractivity contribution in [1.29, 1.82) is 0 Å². The first-order chi connectivity index (χ1) is 8.03. The molecule has 3 N–H and O–H groups in total. The minimum Gasteiger partial charge on any atom is -0.368 e. The molecule has 1 saturated carbocycles. The Bertz CT molecular complexity index is 253. The van der Waals surface area contributed by atoms with Crippen LogP contribution < -0.4 is 11.1 Å². The molecule has 0 saturated heterocycles. The zero-order valence-corrected chi connectivity index (χ0v) is 11.5. The second-order valence-corrected chi connectivity index (χ2v) is 5.32. The van der Waals surface area contributed by atoms with Gasteiger partial charge in [0.25, 0.3) is 0 Å². The molecule has 0 spiro atoms. The molecular weight excluding hydrogens is 214 g/mol. The smallest absolute Gasteiger partial charge is 0.238 e. The Morgan fingerprint density at radius 3 is 2.47 bits per heavy atom. The summed E-state index contributed by atoms with van der Waals surface area (Å²) in [6.07, 6.45) is 4.67. The van der Waals surface area contributed by atoms with Crippen molar-refractivity contribution < 1.29 is 4.79 Å². The van der Waals surface area contributed by atoms with Crippen molar-refractivity contribution in [3.8, 4) is 0 Å². The van der Waals surface area contributed by atoms with Crippen molar-refractivity contribution in [3.63, 3.8) is 0 Å². The Kier molecular flexibility index (Phi) is 5.40. The molecule has 100 valence electrons. The lowest BCUT2D eigenvalue weighted by Gasteiger charge is -2.34. The van der Waals surface area contributed by atoms with Gasteiger partial charge in [-0.05, 0) is 45.7 Å². The Morgan fingerprint density at radius 2 is 2.06 bits per heavy atom. The van der Waals surface area contributed by atoms with Crippen LogP contribution in [0.1, 0.15) is 46.5 Å². The van der Waals surface area contributed by atoms with Crippen molar-refractivity contribution >= 4 is 5.91 Å². The van der Waals surface area contributed by atoms with Gasteiger partial charge < -0.3 is 11.1 Å². The Labute approximate surface area is 105 Å². The molecule has 1 aliphatic rings. The third-order valence-electron chi connectivity index (χ3n) is 3.40. The fraction of sp³-hybridized carbons (Fsp3) is 0.923. The molecule has 4 heteroatoms. The van der Waals surface area contributed by atoms with Gasteiger partial charge >= 0.3 is 0 Å². The maximum absolute atomic E-state index is 11.6. The quantitative estimate of drug-likeness (QED) is 0.635. The van der Waals surface area contributed by atoms with Crippen LogP contribution in [0.5, 0.6) is 0 Å². The van der Waals surface area contributed by atoms with Crippen molar-refractivity contribution in [2.75, 3.05) is 19.6 Å². The Balaban J connectivity index is 2.59. The molecule has 17 heavy (non-hydrogen) atoms. The van der Waals surface area contributed by atoms with E-state index in [1.54, 1.807) is 0 Å². The first-order valence-corrected chi connectivity index (χ1v) is 6.82. The largest absolute Gasteiger partial charge is 0.368 e. The summed E-state index contributed by atoms with van der Waals surface area (Å²) in [5.74, 6) is -0.243. The van der Waals surface area contributed by atoms with Crippen LogP contribution in [0.4, 0.5) is 0 Å². The number of nitrogens with one attached hydrogen (secondary N) is 1. The van der Waals surface area contributed by atoms with Crippen LogP contribution in [0.25, 0.3) is 0 Å². The van der Waals surface area contributed by atoms with E-state index in [2.05, 4.69) is 24.1 Å². The maximum Gasteiger partial charge on any atom is 0.238 e. The monoisotopic (exact) mass is 241 g/mol. The van der Waals surface area contributed by atoms with Gasteiger partial charge in [-0.1, -0.05) is 13.8 Å². The van der Waals surface area contributed by atoms with Gasteiger partial charge in [0.2, 0.25) is 5.91 Å². The van der Waals surface area contributed by atoms with Crippen LogP contribution in [-0.2, 0) is 4.79 Å². The summed E-state index contributed by atoms with van der Waals surface area (Å²) in [4.78, 5) is 14.1. The predicted molar refractivity (Wildman–Crippen MR) is 70.8 cm³/mol. The van der Waals surface area contributed by atoms with E-state index in [-0.39, 0.29) is 5.91 Å². The van der Waals surface area contributed by atoms with Gasteiger partial charge in [0.05, 0.1) is 0 Å². The van der Waals surface area contributed by atoms with Gasteiger partial charge in [0.15, 0.2) is 0 Å².